The molecule has 2 aromatic carbocycles. The van der Waals surface area contributed by atoms with E-state index in [1.165, 1.54) is 6.92 Å². The van der Waals surface area contributed by atoms with Crippen LogP contribution in [0.15, 0.2) is 95.5 Å². The Balaban J connectivity index is 1.86. The average molecular weight is 412 g/mol. The van der Waals surface area contributed by atoms with E-state index in [1.54, 1.807) is 42.5 Å². The smallest absolute Gasteiger partial charge is 0.255 e. The lowest BCUT2D eigenvalue weighted by atomic mass is 10.1. The fourth-order valence-corrected chi connectivity index (χ4v) is 2.95. The molecule has 1 amide bonds. The van der Waals surface area contributed by atoms with Crippen LogP contribution in [0.1, 0.15) is 30.8 Å². The monoisotopic (exact) mass is 412 g/mol. The van der Waals surface area contributed by atoms with Crippen molar-refractivity contribution >= 4 is 17.4 Å². The Morgan fingerprint density at radius 3 is 2.39 bits per heavy atom. The molecule has 1 N–H and O–H groups in total. The number of carbonyl (C=O) groups excluding carboxylic acids is 2. The first-order valence-corrected chi connectivity index (χ1v) is 10.0. The number of hydrogen-bond donors (Lipinski definition) is 1. The predicted octanol–water partition coefficient (Wildman–Crippen LogP) is 6.23. The number of hydrogen-bond acceptors (Lipinski definition) is 4. The van der Waals surface area contributed by atoms with Gasteiger partial charge < -0.3 is 9.73 Å². The number of carbonyl (C=O) groups is 2. The Morgan fingerprint density at radius 1 is 1.06 bits per heavy atom. The minimum absolute atomic E-state index is 0.180. The summed E-state index contributed by atoms with van der Waals surface area (Å²) in [7, 11) is 0. The van der Waals surface area contributed by atoms with E-state index in [2.05, 4.69) is 16.9 Å². The number of amides is 1. The topological polar surface area (TPSA) is 72.2 Å². The van der Waals surface area contributed by atoms with Crippen molar-refractivity contribution in [3.8, 4) is 22.8 Å². The van der Waals surface area contributed by atoms with Crippen LogP contribution in [-0.2, 0) is 4.79 Å². The number of ketones is 1. The number of benzene rings is 2. The fourth-order valence-electron chi connectivity index (χ4n) is 2.95. The van der Waals surface area contributed by atoms with E-state index >= 15 is 0 Å². The molecule has 0 aliphatic heterocycles. The van der Waals surface area contributed by atoms with Gasteiger partial charge in [0.05, 0.1) is 0 Å². The van der Waals surface area contributed by atoms with Crippen LogP contribution >= 0.6 is 0 Å². The normalized spacial score (nSPS) is 11.5. The lowest BCUT2D eigenvalue weighted by molar-refractivity contribution is -0.112. The fraction of sp³-hybridized carbons (Fsp3) is 0.115. The van der Waals surface area contributed by atoms with Crippen molar-refractivity contribution < 1.29 is 14.0 Å². The van der Waals surface area contributed by atoms with Gasteiger partial charge in [-0.15, -0.1) is 0 Å². The van der Waals surface area contributed by atoms with E-state index < -0.39 is 0 Å². The molecule has 0 unspecified atom stereocenters. The van der Waals surface area contributed by atoms with Crippen LogP contribution in [0.4, 0.5) is 5.69 Å². The Bertz CT molecular complexity index is 1140. The Labute approximate surface area is 181 Å². The van der Waals surface area contributed by atoms with Gasteiger partial charge >= 0.3 is 0 Å². The number of Topliss-reactive ketones (excluding diaryl/α,β-unsaturated/α-hetero) is 1. The maximum atomic E-state index is 12.5. The molecule has 0 spiro atoms. The summed E-state index contributed by atoms with van der Waals surface area (Å²) in [4.78, 5) is 29.0. The molecule has 31 heavy (non-hydrogen) atoms. The highest BCUT2D eigenvalue weighted by Crippen LogP contribution is 2.31. The van der Waals surface area contributed by atoms with Crippen LogP contribution in [0, 0.1) is 0 Å². The Hall–Kier alpha value is -3.99. The quantitative estimate of drug-likeness (QED) is 0.270. The van der Waals surface area contributed by atoms with Crippen LogP contribution < -0.4 is 5.32 Å². The lowest BCUT2D eigenvalue weighted by Gasteiger charge is -2.07. The molecule has 0 bridgehead atoms. The van der Waals surface area contributed by atoms with E-state index in [1.807, 2.05) is 43.3 Å². The molecule has 0 saturated heterocycles. The molecule has 5 nitrogen and oxygen atoms in total. The maximum absolute atomic E-state index is 12.5. The van der Waals surface area contributed by atoms with Crippen molar-refractivity contribution in [2.75, 3.05) is 5.32 Å². The number of aromatic nitrogens is 1. The molecule has 0 atom stereocenters. The van der Waals surface area contributed by atoms with Gasteiger partial charge in [-0.1, -0.05) is 56.0 Å². The summed E-state index contributed by atoms with van der Waals surface area (Å²) in [6, 6.07) is 16.5. The van der Waals surface area contributed by atoms with Gasteiger partial charge in [-0.25, -0.2) is 4.98 Å². The van der Waals surface area contributed by atoms with E-state index in [4.69, 9.17) is 4.42 Å². The summed E-state index contributed by atoms with van der Waals surface area (Å²) in [6.45, 7) is 7.12. The molecule has 0 radical (unpaired) electrons. The van der Waals surface area contributed by atoms with Gasteiger partial charge in [0.2, 0.25) is 5.89 Å². The third-order valence-electron chi connectivity index (χ3n) is 4.48. The molecular weight excluding hydrogens is 388 g/mol. The molecule has 0 saturated carbocycles. The first kappa shape index (κ1) is 21.7. The third kappa shape index (κ3) is 5.34. The van der Waals surface area contributed by atoms with Crippen molar-refractivity contribution in [3.63, 3.8) is 0 Å². The molecule has 5 heteroatoms. The predicted molar refractivity (Wildman–Crippen MR) is 124 cm³/mol. The summed E-state index contributed by atoms with van der Waals surface area (Å²) in [5, 5.41) is 2.86. The summed E-state index contributed by atoms with van der Waals surface area (Å²) in [6.07, 6.45) is 7.75. The number of nitrogens with one attached hydrogen (secondary N) is 1. The number of rotatable bonds is 8. The van der Waals surface area contributed by atoms with Crippen molar-refractivity contribution in [1.82, 2.24) is 4.98 Å². The molecule has 0 aliphatic rings. The highest BCUT2D eigenvalue weighted by molar-refractivity contribution is 6.06. The van der Waals surface area contributed by atoms with E-state index in [9.17, 15) is 9.59 Å². The van der Waals surface area contributed by atoms with Crippen molar-refractivity contribution in [2.24, 2.45) is 0 Å². The Morgan fingerprint density at radius 2 is 1.77 bits per heavy atom. The van der Waals surface area contributed by atoms with Crippen molar-refractivity contribution in [2.45, 2.75) is 20.3 Å². The first-order valence-electron chi connectivity index (χ1n) is 10.0. The van der Waals surface area contributed by atoms with Gasteiger partial charge in [-0.2, -0.15) is 0 Å². The number of oxazole rings is 1. The van der Waals surface area contributed by atoms with Gasteiger partial charge in [0.1, 0.15) is 0 Å². The molecule has 0 fully saturated rings. The van der Waals surface area contributed by atoms with Gasteiger partial charge in [0, 0.05) is 29.3 Å². The molecule has 3 rings (SSSR count). The summed E-state index contributed by atoms with van der Waals surface area (Å²) in [5.41, 5.74) is 2.91. The van der Waals surface area contributed by atoms with Gasteiger partial charge in [-0.3, -0.25) is 9.59 Å². The van der Waals surface area contributed by atoms with Crippen LogP contribution in [0.25, 0.3) is 22.8 Å². The van der Waals surface area contributed by atoms with E-state index in [-0.39, 0.29) is 17.4 Å². The summed E-state index contributed by atoms with van der Waals surface area (Å²) < 4.78 is 5.94. The number of allylic oxidation sites excluding steroid dienone is 3. The van der Waals surface area contributed by atoms with E-state index in [0.717, 1.165) is 12.0 Å². The zero-order chi connectivity index (χ0) is 22.2. The van der Waals surface area contributed by atoms with Crippen LogP contribution in [0.2, 0.25) is 0 Å². The third-order valence-corrected chi connectivity index (χ3v) is 4.48. The molecule has 3 aromatic rings. The molecular formula is C26H24N2O3. The van der Waals surface area contributed by atoms with Crippen molar-refractivity contribution in [3.05, 3.63) is 96.7 Å². The number of nitrogens with zero attached hydrogens (tertiary/aromatic N) is 1. The molecule has 0 aliphatic carbocycles. The van der Waals surface area contributed by atoms with E-state index in [0.29, 0.717) is 28.5 Å². The van der Waals surface area contributed by atoms with Crippen molar-refractivity contribution in [1.29, 1.82) is 0 Å². The van der Waals surface area contributed by atoms with Gasteiger partial charge in [-0.05, 0) is 42.8 Å². The van der Waals surface area contributed by atoms with Crippen LogP contribution in [0.5, 0.6) is 0 Å². The van der Waals surface area contributed by atoms with Crippen LogP contribution in [0.3, 0.4) is 0 Å². The number of anilines is 1. The highest BCUT2D eigenvalue weighted by atomic mass is 16.4. The largest absolute Gasteiger partial charge is 0.435 e. The zero-order valence-corrected chi connectivity index (χ0v) is 17.6. The SMILES string of the molecule is C=C/C=C(\C=C/CC)C(=O)Nc1ccc(-c2oc(-c3ccccc3)nc2C(C)=O)cc1. The maximum Gasteiger partial charge on any atom is 0.255 e. The second-order valence-electron chi connectivity index (χ2n) is 6.82. The minimum Gasteiger partial charge on any atom is -0.435 e. The standard InChI is InChI=1S/C26H24N2O3/c1-4-6-11-20(10-5-2)25(30)27-22-16-14-19(15-17-22)24-23(18(3)29)28-26(31-24)21-12-8-7-9-13-21/h5-17H,2,4H2,1,3H3,(H,27,30)/b11-6-,20-10+. The zero-order valence-electron chi connectivity index (χ0n) is 17.6. The van der Waals surface area contributed by atoms with Gasteiger partial charge in [0.25, 0.3) is 5.91 Å². The molecule has 1 aromatic heterocycles. The summed E-state index contributed by atoms with van der Waals surface area (Å²) >= 11 is 0. The Kier molecular flexibility index (Phi) is 7.12. The van der Waals surface area contributed by atoms with Gasteiger partial charge in [0.15, 0.2) is 17.2 Å². The minimum atomic E-state index is -0.229. The molecule has 156 valence electrons. The second-order valence-corrected chi connectivity index (χ2v) is 6.82. The summed E-state index contributed by atoms with van der Waals surface area (Å²) in [5.74, 6) is 0.385. The average Bonchev–Trinajstić information content (AvgIpc) is 3.23. The van der Waals surface area contributed by atoms with Crippen LogP contribution in [-0.4, -0.2) is 16.7 Å². The molecule has 1 heterocycles. The lowest BCUT2D eigenvalue weighted by Crippen LogP contribution is -2.13. The first-order chi connectivity index (χ1) is 15.0. The highest BCUT2D eigenvalue weighted by Gasteiger charge is 2.19. The second kappa shape index (κ2) is 10.2.